The number of halogens is 2. The lowest BCUT2D eigenvalue weighted by molar-refractivity contribution is -0.116. The number of para-hydroxylation sites is 1. The van der Waals surface area contributed by atoms with E-state index in [0.29, 0.717) is 28.2 Å². The van der Waals surface area contributed by atoms with Crippen LogP contribution in [0.1, 0.15) is 32.6 Å². The first-order chi connectivity index (χ1) is 11.1. The Morgan fingerprint density at radius 3 is 2.52 bits per heavy atom. The highest BCUT2D eigenvalue weighted by molar-refractivity contribution is 6.39. The molecule has 1 fully saturated rings. The van der Waals surface area contributed by atoms with E-state index in [2.05, 4.69) is 22.5 Å². The lowest BCUT2D eigenvalue weighted by Crippen LogP contribution is -2.44. The molecule has 1 aliphatic heterocycles. The Hall–Kier alpha value is -0.810. The predicted octanol–water partition coefficient (Wildman–Crippen LogP) is 3.79. The van der Waals surface area contributed by atoms with Crippen molar-refractivity contribution in [3.63, 3.8) is 0 Å². The number of amides is 1. The summed E-state index contributed by atoms with van der Waals surface area (Å²) >= 11 is 12.2. The van der Waals surface area contributed by atoms with E-state index in [1.54, 1.807) is 18.2 Å². The molecule has 1 aromatic carbocycles. The van der Waals surface area contributed by atoms with Crippen molar-refractivity contribution in [2.45, 2.75) is 38.6 Å². The third kappa shape index (κ3) is 5.64. The second-order valence-electron chi connectivity index (χ2n) is 5.91. The van der Waals surface area contributed by atoms with Crippen molar-refractivity contribution in [3.8, 4) is 0 Å². The summed E-state index contributed by atoms with van der Waals surface area (Å²) in [7, 11) is 0. The molecule has 1 aliphatic rings. The van der Waals surface area contributed by atoms with Crippen LogP contribution in [-0.2, 0) is 4.79 Å². The van der Waals surface area contributed by atoms with Gasteiger partial charge in [0, 0.05) is 19.0 Å². The summed E-state index contributed by atoms with van der Waals surface area (Å²) < 4.78 is 0. The molecule has 0 bridgehead atoms. The molecular weight excluding hydrogens is 333 g/mol. The van der Waals surface area contributed by atoms with Gasteiger partial charge in [0.25, 0.3) is 0 Å². The summed E-state index contributed by atoms with van der Waals surface area (Å²) in [4.78, 5) is 14.7. The zero-order valence-electron chi connectivity index (χ0n) is 13.6. The SMILES string of the molecule is CCCN(CCC(=O)Nc1c(Cl)cccc1Cl)C1CCNCC1. The summed E-state index contributed by atoms with van der Waals surface area (Å²) in [6.45, 7) is 6.10. The lowest BCUT2D eigenvalue weighted by Gasteiger charge is -2.34. The van der Waals surface area contributed by atoms with Gasteiger partial charge in [0.1, 0.15) is 0 Å². The highest BCUT2D eigenvalue weighted by Crippen LogP contribution is 2.29. The quantitative estimate of drug-likeness (QED) is 0.780. The third-order valence-electron chi connectivity index (χ3n) is 4.19. The highest BCUT2D eigenvalue weighted by Gasteiger charge is 2.21. The predicted molar refractivity (Wildman–Crippen MR) is 97.5 cm³/mol. The lowest BCUT2D eigenvalue weighted by atomic mass is 10.0. The molecule has 128 valence electrons. The van der Waals surface area contributed by atoms with Crippen LogP contribution >= 0.6 is 23.2 Å². The molecule has 1 aromatic rings. The molecule has 4 nitrogen and oxygen atoms in total. The van der Waals surface area contributed by atoms with Crippen molar-refractivity contribution >= 4 is 34.8 Å². The molecule has 0 spiro atoms. The van der Waals surface area contributed by atoms with E-state index < -0.39 is 0 Å². The number of piperidine rings is 1. The first kappa shape index (κ1) is 18.5. The summed E-state index contributed by atoms with van der Waals surface area (Å²) in [5.41, 5.74) is 0.504. The van der Waals surface area contributed by atoms with Crippen molar-refractivity contribution < 1.29 is 4.79 Å². The Kier molecular flexibility index (Phi) is 7.63. The van der Waals surface area contributed by atoms with Crippen LogP contribution in [0, 0.1) is 0 Å². The Labute approximate surface area is 148 Å². The van der Waals surface area contributed by atoms with Crippen LogP contribution in [0.5, 0.6) is 0 Å². The van der Waals surface area contributed by atoms with E-state index in [-0.39, 0.29) is 5.91 Å². The van der Waals surface area contributed by atoms with Crippen LogP contribution in [0.2, 0.25) is 10.0 Å². The summed E-state index contributed by atoms with van der Waals surface area (Å²) in [6.07, 6.45) is 3.85. The highest BCUT2D eigenvalue weighted by atomic mass is 35.5. The number of nitrogens with zero attached hydrogens (tertiary/aromatic N) is 1. The second kappa shape index (κ2) is 9.48. The molecule has 0 aromatic heterocycles. The zero-order valence-corrected chi connectivity index (χ0v) is 15.1. The first-order valence-electron chi connectivity index (χ1n) is 8.30. The average Bonchev–Trinajstić information content (AvgIpc) is 2.56. The van der Waals surface area contributed by atoms with Crippen LogP contribution in [0.25, 0.3) is 0 Å². The van der Waals surface area contributed by atoms with Gasteiger partial charge in [-0.1, -0.05) is 36.2 Å². The fourth-order valence-electron chi connectivity index (χ4n) is 3.00. The van der Waals surface area contributed by atoms with E-state index in [9.17, 15) is 4.79 Å². The number of rotatable bonds is 7. The molecule has 2 rings (SSSR count). The minimum absolute atomic E-state index is 0.0463. The van der Waals surface area contributed by atoms with Crippen LogP contribution < -0.4 is 10.6 Å². The van der Waals surface area contributed by atoms with Crippen molar-refractivity contribution in [2.24, 2.45) is 0 Å². The largest absolute Gasteiger partial charge is 0.324 e. The van der Waals surface area contributed by atoms with Gasteiger partial charge in [-0.3, -0.25) is 9.69 Å². The van der Waals surface area contributed by atoms with Crippen LogP contribution in [0.15, 0.2) is 18.2 Å². The van der Waals surface area contributed by atoms with Gasteiger partial charge in [-0.05, 0) is 51.0 Å². The molecule has 1 saturated heterocycles. The fraction of sp³-hybridized carbons (Fsp3) is 0.588. The Balaban J connectivity index is 1.88. The van der Waals surface area contributed by atoms with E-state index >= 15 is 0 Å². The molecule has 0 atom stereocenters. The molecule has 23 heavy (non-hydrogen) atoms. The molecular formula is C17H25Cl2N3O. The third-order valence-corrected chi connectivity index (χ3v) is 4.82. The number of carbonyl (C=O) groups excluding carboxylic acids is 1. The molecule has 1 amide bonds. The van der Waals surface area contributed by atoms with Crippen molar-refractivity contribution in [3.05, 3.63) is 28.2 Å². The van der Waals surface area contributed by atoms with E-state index in [0.717, 1.165) is 45.4 Å². The van der Waals surface area contributed by atoms with Gasteiger partial charge in [0.2, 0.25) is 5.91 Å². The molecule has 0 radical (unpaired) electrons. The molecule has 0 saturated carbocycles. The minimum atomic E-state index is -0.0463. The maximum Gasteiger partial charge on any atom is 0.225 e. The van der Waals surface area contributed by atoms with Gasteiger partial charge in [-0.25, -0.2) is 0 Å². The minimum Gasteiger partial charge on any atom is -0.324 e. The average molecular weight is 358 g/mol. The standard InChI is InChI=1S/C17H25Cl2N3O/c1-2-11-22(13-6-9-20-10-7-13)12-8-16(23)21-17-14(18)4-3-5-15(17)19/h3-5,13,20H,2,6-12H2,1H3,(H,21,23). The molecule has 6 heteroatoms. The molecule has 2 N–H and O–H groups in total. The number of hydrogen-bond donors (Lipinski definition) is 2. The van der Waals surface area contributed by atoms with Gasteiger partial charge in [0.15, 0.2) is 0 Å². The summed E-state index contributed by atoms with van der Waals surface area (Å²) in [5, 5.41) is 7.16. The maximum atomic E-state index is 12.2. The molecule has 0 aliphatic carbocycles. The number of hydrogen-bond acceptors (Lipinski definition) is 3. The normalized spacial score (nSPS) is 15.8. The Morgan fingerprint density at radius 1 is 1.26 bits per heavy atom. The van der Waals surface area contributed by atoms with Crippen molar-refractivity contribution in [1.82, 2.24) is 10.2 Å². The maximum absolute atomic E-state index is 12.2. The summed E-state index contributed by atoms with van der Waals surface area (Å²) in [5.74, 6) is -0.0463. The number of carbonyl (C=O) groups is 1. The van der Waals surface area contributed by atoms with Gasteiger partial charge < -0.3 is 10.6 Å². The smallest absolute Gasteiger partial charge is 0.225 e. The van der Waals surface area contributed by atoms with E-state index in [1.165, 1.54) is 0 Å². The van der Waals surface area contributed by atoms with Crippen molar-refractivity contribution in [1.29, 1.82) is 0 Å². The van der Waals surface area contributed by atoms with E-state index in [4.69, 9.17) is 23.2 Å². The summed E-state index contributed by atoms with van der Waals surface area (Å²) in [6, 6.07) is 5.79. The number of benzene rings is 1. The van der Waals surface area contributed by atoms with Crippen LogP contribution in [0.4, 0.5) is 5.69 Å². The number of anilines is 1. The zero-order chi connectivity index (χ0) is 16.7. The Bertz CT molecular complexity index is 498. The Morgan fingerprint density at radius 2 is 1.91 bits per heavy atom. The van der Waals surface area contributed by atoms with Crippen molar-refractivity contribution in [2.75, 3.05) is 31.5 Å². The van der Waals surface area contributed by atoms with Gasteiger partial charge in [-0.2, -0.15) is 0 Å². The topological polar surface area (TPSA) is 44.4 Å². The second-order valence-corrected chi connectivity index (χ2v) is 6.73. The van der Waals surface area contributed by atoms with Crippen LogP contribution in [0.3, 0.4) is 0 Å². The van der Waals surface area contributed by atoms with Gasteiger partial charge in [-0.15, -0.1) is 0 Å². The molecule has 0 unspecified atom stereocenters. The van der Waals surface area contributed by atoms with Crippen LogP contribution in [-0.4, -0.2) is 43.0 Å². The molecule has 1 heterocycles. The van der Waals surface area contributed by atoms with Gasteiger partial charge >= 0.3 is 0 Å². The number of nitrogens with one attached hydrogen (secondary N) is 2. The fourth-order valence-corrected chi connectivity index (χ4v) is 3.49. The van der Waals surface area contributed by atoms with E-state index in [1.807, 2.05) is 0 Å². The van der Waals surface area contributed by atoms with Gasteiger partial charge in [0.05, 0.1) is 15.7 Å². The first-order valence-corrected chi connectivity index (χ1v) is 9.06. The monoisotopic (exact) mass is 357 g/mol.